The Morgan fingerprint density at radius 2 is 2.10 bits per heavy atom. The molecule has 7 nitrogen and oxygen atoms in total. The molecule has 8 heteroatoms. The number of hydrogen-bond acceptors (Lipinski definition) is 6. The van der Waals surface area contributed by atoms with E-state index in [1.54, 1.807) is 0 Å². The molecule has 1 aliphatic heterocycles. The third-order valence-electron chi connectivity index (χ3n) is 4.59. The first-order valence-electron chi connectivity index (χ1n) is 7.17. The third kappa shape index (κ3) is 2.81. The van der Waals surface area contributed by atoms with Gasteiger partial charge in [0.25, 0.3) is 0 Å². The van der Waals surface area contributed by atoms with Crippen molar-refractivity contribution in [3.8, 4) is 0 Å². The smallest absolute Gasteiger partial charge is 0.310 e. The van der Waals surface area contributed by atoms with Gasteiger partial charge in [-0.25, -0.2) is 8.42 Å². The topological polar surface area (TPSA) is 110 Å². The predicted molar refractivity (Wildman–Crippen MR) is 72.6 cm³/mol. The summed E-state index contributed by atoms with van der Waals surface area (Å²) in [6.45, 7) is 0. The van der Waals surface area contributed by atoms with Gasteiger partial charge >= 0.3 is 5.97 Å². The monoisotopic (exact) mass is 314 g/mol. The van der Waals surface area contributed by atoms with Gasteiger partial charge < -0.3 is 9.63 Å². The van der Waals surface area contributed by atoms with Gasteiger partial charge in [0, 0.05) is 12.3 Å². The Balaban J connectivity index is 1.75. The van der Waals surface area contributed by atoms with Crippen LogP contribution >= 0.6 is 0 Å². The van der Waals surface area contributed by atoms with Crippen molar-refractivity contribution in [2.45, 2.75) is 44.4 Å². The van der Waals surface area contributed by atoms with Crippen LogP contribution in [0, 0.1) is 5.41 Å². The van der Waals surface area contributed by atoms with Crippen LogP contribution in [0.2, 0.25) is 0 Å². The van der Waals surface area contributed by atoms with Gasteiger partial charge in [-0.3, -0.25) is 4.79 Å². The molecule has 0 amide bonds. The first-order valence-corrected chi connectivity index (χ1v) is 8.99. The molecule has 21 heavy (non-hydrogen) atoms. The maximum absolute atomic E-state index is 11.5. The van der Waals surface area contributed by atoms with Crippen LogP contribution in [0.5, 0.6) is 0 Å². The maximum atomic E-state index is 11.5. The second-order valence-electron chi connectivity index (χ2n) is 6.12. The zero-order valence-electron chi connectivity index (χ0n) is 11.6. The van der Waals surface area contributed by atoms with Crippen molar-refractivity contribution in [3.63, 3.8) is 0 Å². The summed E-state index contributed by atoms with van der Waals surface area (Å²) in [5, 5.41) is 13.3. The van der Waals surface area contributed by atoms with Crippen molar-refractivity contribution in [3.05, 3.63) is 11.7 Å². The Morgan fingerprint density at radius 1 is 1.38 bits per heavy atom. The number of aliphatic carboxylic acids is 1. The molecule has 1 saturated carbocycles. The Labute approximate surface area is 122 Å². The lowest BCUT2D eigenvalue weighted by Crippen LogP contribution is -2.30. The lowest BCUT2D eigenvalue weighted by molar-refractivity contribution is -0.148. The summed E-state index contributed by atoms with van der Waals surface area (Å²) < 4.78 is 28.1. The molecule has 2 aliphatic rings. The summed E-state index contributed by atoms with van der Waals surface area (Å²) in [5.74, 6) is -0.139. The highest BCUT2D eigenvalue weighted by Crippen LogP contribution is 2.41. The molecule has 116 valence electrons. The van der Waals surface area contributed by atoms with Crippen molar-refractivity contribution < 1.29 is 22.8 Å². The first-order chi connectivity index (χ1) is 9.90. The van der Waals surface area contributed by atoms with Gasteiger partial charge in [-0.15, -0.1) is 0 Å². The highest BCUT2D eigenvalue weighted by atomic mass is 32.2. The van der Waals surface area contributed by atoms with Crippen LogP contribution < -0.4 is 0 Å². The van der Waals surface area contributed by atoms with Crippen molar-refractivity contribution >= 4 is 15.8 Å². The first kappa shape index (κ1) is 14.5. The molecule has 0 spiro atoms. The highest BCUT2D eigenvalue weighted by Gasteiger charge is 2.43. The molecule has 1 saturated heterocycles. The SMILES string of the molecule is O=C(O)C1(Cc2nc(C3CCS(=O)(=O)C3)no2)CCCC1. The van der Waals surface area contributed by atoms with E-state index in [-0.39, 0.29) is 23.8 Å². The minimum atomic E-state index is -3.00. The molecule has 2 heterocycles. The van der Waals surface area contributed by atoms with E-state index in [9.17, 15) is 18.3 Å². The summed E-state index contributed by atoms with van der Waals surface area (Å²) in [6.07, 6.45) is 3.78. The van der Waals surface area contributed by atoms with E-state index in [0.717, 1.165) is 12.8 Å². The maximum Gasteiger partial charge on any atom is 0.310 e. The van der Waals surface area contributed by atoms with Crippen LogP contribution in [0.3, 0.4) is 0 Å². The molecular weight excluding hydrogens is 296 g/mol. The van der Waals surface area contributed by atoms with E-state index < -0.39 is 21.2 Å². The van der Waals surface area contributed by atoms with Gasteiger partial charge in [-0.1, -0.05) is 18.0 Å². The molecule has 1 atom stereocenters. The fraction of sp³-hybridized carbons (Fsp3) is 0.769. The molecule has 3 rings (SSSR count). The van der Waals surface area contributed by atoms with Crippen molar-refractivity contribution in [2.75, 3.05) is 11.5 Å². The van der Waals surface area contributed by atoms with Gasteiger partial charge in [0.2, 0.25) is 5.89 Å². The van der Waals surface area contributed by atoms with Crippen LogP contribution in [0.1, 0.15) is 49.7 Å². The van der Waals surface area contributed by atoms with Crippen molar-refractivity contribution in [2.24, 2.45) is 5.41 Å². The summed E-state index contributed by atoms with van der Waals surface area (Å²) >= 11 is 0. The molecule has 1 aromatic heterocycles. The second kappa shape index (κ2) is 5.08. The third-order valence-corrected chi connectivity index (χ3v) is 6.35. The number of nitrogens with zero attached hydrogens (tertiary/aromatic N) is 2. The van der Waals surface area contributed by atoms with Crippen LogP contribution in [-0.2, 0) is 21.1 Å². The average Bonchev–Trinajstić information content (AvgIpc) is 3.10. The Kier molecular flexibility index (Phi) is 3.51. The Morgan fingerprint density at radius 3 is 2.67 bits per heavy atom. The molecule has 1 N–H and O–H groups in total. The standard InChI is InChI=1S/C13H18N2O5S/c16-12(17)13(4-1-2-5-13)7-10-14-11(15-20-10)9-3-6-21(18,19)8-9/h9H,1-8H2,(H,16,17). The number of rotatable bonds is 4. The van der Waals surface area contributed by atoms with Gasteiger partial charge in [0.1, 0.15) is 0 Å². The molecule has 1 unspecified atom stereocenters. The van der Waals surface area contributed by atoms with E-state index in [0.29, 0.717) is 31.0 Å². The summed E-state index contributed by atoms with van der Waals surface area (Å²) in [4.78, 5) is 15.8. The zero-order chi connectivity index (χ0) is 15.1. The van der Waals surface area contributed by atoms with Gasteiger partial charge in [0.05, 0.1) is 16.9 Å². The molecule has 1 aliphatic carbocycles. The molecular formula is C13H18N2O5S. The van der Waals surface area contributed by atoms with E-state index in [1.807, 2.05) is 0 Å². The lowest BCUT2D eigenvalue weighted by atomic mass is 9.83. The lowest BCUT2D eigenvalue weighted by Gasteiger charge is -2.21. The molecule has 0 radical (unpaired) electrons. The van der Waals surface area contributed by atoms with Gasteiger partial charge in [-0.05, 0) is 19.3 Å². The van der Waals surface area contributed by atoms with Crippen molar-refractivity contribution in [1.29, 1.82) is 0 Å². The zero-order valence-corrected chi connectivity index (χ0v) is 12.4. The largest absolute Gasteiger partial charge is 0.481 e. The molecule has 2 fully saturated rings. The summed E-state index contributed by atoms with van der Waals surface area (Å²) in [5.41, 5.74) is -0.800. The van der Waals surface area contributed by atoms with Crippen LogP contribution in [0.15, 0.2) is 4.52 Å². The Bertz CT molecular complexity index is 645. The fourth-order valence-corrected chi connectivity index (χ4v) is 5.05. The molecule has 1 aromatic rings. The van der Waals surface area contributed by atoms with Crippen LogP contribution in [0.25, 0.3) is 0 Å². The second-order valence-corrected chi connectivity index (χ2v) is 8.34. The Hall–Kier alpha value is -1.44. The number of hydrogen-bond donors (Lipinski definition) is 1. The van der Waals surface area contributed by atoms with E-state index in [4.69, 9.17) is 4.52 Å². The number of aromatic nitrogens is 2. The highest BCUT2D eigenvalue weighted by molar-refractivity contribution is 7.91. The minimum absolute atomic E-state index is 0.0516. The summed E-state index contributed by atoms with van der Waals surface area (Å²) in [6, 6.07) is 0. The number of sulfone groups is 1. The number of carboxylic acid groups (broad SMARTS) is 1. The van der Waals surface area contributed by atoms with Gasteiger partial charge in [-0.2, -0.15) is 4.98 Å². The van der Waals surface area contributed by atoms with E-state index in [2.05, 4.69) is 10.1 Å². The molecule has 0 bridgehead atoms. The van der Waals surface area contributed by atoms with E-state index in [1.165, 1.54) is 0 Å². The minimum Gasteiger partial charge on any atom is -0.481 e. The van der Waals surface area contributed by atoms with Crippen LogP contribution in [-0.4, -0.2) is 41.1 Å². The van der Waals surface area contributed by atoms with E-state index >= 15 is 0 Å². The van der Waals surface area contributed by atoms with Gasteiger partial charge in [0.15, 0.2) is 15.7 Å². The summed E-state index contributed by atoms with van der Waals surface area (Å²) in [7, 11) is -3.00. The van der Waals surface area contributed by atoms with Crippen molar-refractivity contribution in [1.82, 2.24) is 10.1 Å². The predicted octanol–water partition coefficient (Wildman–Crippen LogP) is 1.16. The fourth-order valence-electron chi connectivity index (χ4n) is 3.31. The molecule has 0 aromatic carbocycles. The van der Waals surface area contributed by atoms with Crippen LogP contribution in [0.4, 0.5) is 0 Å². The quantitative estimate of drug-likeness (QED) is 0.887. The average molecular weight is 314 g/mol. The normalized spacial score (nSPS) is 27.0. The number of carbonyl (C=O) groups is 1. The number of carboxylic acids is 1.